The molecule has 0 radical (unpaired) electrons. The van der Waals surface area contributed by atoms with Gasteiger partial charge in [0.05, 0.1) is 17.5 Å². The molecule has 24 heavy (non-hydrogen) atoms. The van der Waals surface area contributed by atoms with E-state index >= 15 is 0 Å². The second-order valence-corrected chi connectivity index (χ2v) is 8.29. The molecule has 0 aromatic carbocycles. The van der Waals surface area contributed by atoms with Crippen LogP contribution >= 0.6 is 11.8 Å². The summed E-state index contributed by atoms with van der Waals surface area (Å²) in [6.45, 7) is 1.83. The van der Waals surface area contributed by atoms with Crippen molar-refractivity contribution < 1.29 is 22.0 Å². The molecule has 4 N–H and O–H groups in total. The van der Waals surface area contributed by atoms with Crippen molar-refractivity contribution in [3.63, 3.8) is 0 Å². The highest BCUT2D eigenvalue weighted by molar-refractivity contribution is 7.99. The molecule has 12 heteroatoms. The Morgan fingerprint density at radius 2 is 2.29 bits per heavy atom. The van der Waals surface area contributed by atoms with Crippen molar-refractivity contribution in [3.8, 4) is 0 Å². The molecule has 3 saturated heterocycles. The van der Waals surface area contributed by atoms with Gasteiger partial charge in [0, 0.05) is 13.1 Å². The molecule has 2 amide bonds. The van der Waals surface area contributed by atoms with Crippen LogP contribution in [0.2, 0.25) is 0 Å². The van der Waals surface area contributed by atoms with Crippen molar-refractivity contribution in [2.75, 3.05) is 25.4 Å². The second-order valence-electron chi connectivity index (χ2n) is 5.97. The van der Waals surface area contributed by atoms with Gasteiger partial charge in [0.25, 0.3) is 0 Å². The molecule has 3 fully saturated rings. The highest BCUT2D eigenvalue weighted by atomic mass is 32.3. The number of amides is 2. The number of fused-ring (bicyclic) bond motifs is 2. The number of thioether (sulfide) groups is 1. The zero-order valence-electron chi connectivity index (χ0n) is 13.0. The molecule has 0 aliphatic carbocycles. The van der Waals surface area contributed by atoms with Crippen LogP contribution in [0.5, 0.6) is 0 Å². The van der Waals surface area contributed by atoms with E-state index in [4.69, 9.17) is 9.96 Å². The number of nitrogens with zero attached hydrogens (tertiary/aromatic N) is 2. The van der Waals surface area contributed by atoms with Crippen molar-refractivity contribution in [3.05, 3.63) is 0 Å². The van der Waals surface area contributed by atoms with Crippen molar-refractivity contribution in [2.45, 2.75) is 36.7 Å². The molecule has 10 nitrogen and oxygen atoms in total. The van der Waals surface area contributed by atoms with Crippen LogP contribution in [0.15, 0.2) is 0 Å². The van der Waals surface area contributed by atoms with Gasteiger partial charge in [-0.1, -0.05) is 0 Å². The Labute approximate surface area is 144 Å². The summed E-state index contributed by atoms with van der Waals surface area (Å²) in [5, 5.41) is 15.6. The minimum atomic E-state index is -4.74. The van der Waals surface area contributed by atoms with Crippen LogP contribution in [0.1, 0.15) is 19.3 Å². The van der Waals surface area contributed by atoms with E-state index in [0.29, 0.717) is 24.4 Å². The molecule has 3 aliphatic rings. The van der Waals surface area contributed by atoms with Gasteiger partial charge in [0.1, 0.15) is 5.84 Å². The molecular formula is C12H21N5O5S2. The van der Waals surface area contributed by atoms with E-state index in [2.05, 4.69) is 14.9 Å². The Morgan fingerprint density at radius 1 is 1.50 bits per heavy atom. The number of hydrogen-bond acceptors (Lipinski definition) is 7. The fourth-order valence-electron chi connectivity index (χ4n) is 3.20. The van der Waals surface area contributed by atoms with E-state index in [1.807, 2.05) is 0 Å². The Balaban J connectivity index is 1.58. The number of piperidine rings is 1. The van der Waals surface area contributed by atoms with E-state index in [1.165, 1.54) is 4.90 Å². The monoisotopic (exact) mass is 379 g/mol. The maximum Gasteiger partial charge on any atom is 0.418 e. The minimum Gasteiger partial charge on any atom is -0.370 e. The lowest BCUT2D eigenvalue weighted by molar-refractivity contribution is -0.0316. The van der Waals surface area contributed by atoms with Crippen molar-refractivity contribution in [2.24, 2.45) is 0 Å². The molecule has 3 aliphatic heterocycles. The van der Waals surface area contributed by atoms with E-state index in [9.17, 15) is 13.2 Å². The number of carbonyl (C=O) groups excluding carboxylic acids is 1. The van der Waals surface area contributed by atoms with Crippen LogP contribution in [0.3, 0.4) is 0 Å². The average molecular weight is 379 g/mol. The van der Waals surface area contributed by atoms with Gasteiger partial charge in [0.15, 0.2) is 0 Å². The number of amidine groups is 1. The van der Waals surface area contributed by atoms with Gasteiger partial charge in [-0.2, -0.15) is 13.5 Å². The van der Waals surface area contributed by atoms with E-state index in [0.717, 1.165) is 18.7 Å². The van der Waals surface area contributed by atoms with Gasteiger partial charge in [0.2, 0.25) is 0 Å². The van der Waals surface area contributed by atoms with Crippen molar-refractivity contribution in [1.82, 2.24) is 20.6 Å². The van der Waals surface area contributed by atoms with E-state index < -0.39 is 28.5 Å². The molecule has 0 saturated carbocycles. The number of urea groups is 1. The Morgan fingerprint density at radius 3 is 2.96 bits per heavy atom. The van der Waals surface area contributed by atoms with Crippen LogP contribution in [0, 0.1) is 5.41 Å². The Kier molecular flexibility index (Phi) is 5.20. The van der Waals surface area contributed by atoms with Gasteiger partial charge in [-0.3, -0.25) is 9.96 Å². The van der Waals surface area contributed by atoms with Gasteiger partial charge < -0.3 is 15.5 Å². The fourth-order valence-corrected chi connectivity index (χ4v) is 4.62. The molecule has 0 spiro atoms. The lowest BCUT2D eigenvalue weighted by Gasteiger charge is -2.32. The number of hydroxylamine groups is 2. The van der Waals surface area contributed by atoms with Crippen LogP contribution in [0.4, 0.5) is 4.79 Å². The first-order valence-electron chi connectivity index (χ1n) is 7.79. The lowest BCUT2D eigenvalue weighted by Crippen LogP contribution is -2.51. The summed E-state index contributed by atoms with van der Waals surface area (Å²) in [4.78, 5) is 13.7. The zero-order chi connectivity index (χ0) is 17.3. The molecular weight excluding hydrogens is 358 g/mol. The van der Waals surface area contributed by atoms with Gasteiger partial charge >= 0.3 is 16.4 Å². The second kappa shape index (κ2) is 7.04. The standard InChI is InChI=1S/C12H21N5O5S2/c13-11(15-6-10-14-4-1-5-23-10)9-3-2-8-7-16(9)12(18)17(8)22-24(19,20)21/h8-10,14H,1-7H2,(H2,13,15)(H,19,20,21)/t8-,9+,10?/m1/s1. The normalized spacial score (nSPS) is 30.5. The minimum absolute atomic E-state index is 0.239. The maximum absolute atomic E-state index is 12.3. The summed E-state index contributed by atoms with van der Waals surface area (Å²) >= 11 is 1.80. The predicted molar refractivity (Wildman–Crippen MR) is 88.0 cm³/mol. The van der Waals surface area contributed by atoms with Crippen molar-refractivity contribution in [1.29, 1.82) is 5.41 Å². The molecule has 3 rings (SSSR count). The summed E-state index contributed by atoms with van der Waals surface area (Å²) in [6.07, 6.45) is 2.18. The number of nitrogens with one attached hydrogen (secondary N) is 3. The highest BCUT2D eigenvalue weighted by Crippen LogP contribution is 2.30. The third-order valence-corrected chi connectivity index (χ3v) is 5.93. The summed E-state index contributed by atoms with van der Waals surface area (Å²) in [6, 6.07) is -1.51. The van der Waals surface area contributed by atoms with Crippen LogP contribution in [-0.2, 0) is 14.7 Å². The smallest absolute Gasteiger partial charge is 0.370 e. The fraction of sp³-hybridized carbons (Fsp3) is 0.833. The molecule has 136 valence electrons. The average Bonchev–Trinajstić information content (AvgIpc) is 2.77. The van der Waals surface area contributed by atoms with E-state index in [1.54, 1.807) is 11.8 Å². The topological polar surface area (TPSA) is 135 Å². The molecule has 0 aromatic heterocycles. The number of carbonyl (C=O) groups is 1. The molecule has 2 bridgehead atoms. The number of rotatable bonds is 5. The highest BCUT2D eigenvalue weighted by Gasteiger charge is 2.48. The number of hydrogen-bond donors (Lipinski definition) is 4. The van der Waals surface area contributed by atoms with E-state index in [-0.39, 0.29) is 17.8 Å². The lowest BCUT2D eigenvalue weighted by atomic mass is 10.00. The SMILES string of the molecule is N=C(NCC1NCCCS1)[C@@H]1CC[C@@H]2CN1C(=O)N2OS(=O)(=O)O. The quantitative estimate of drug-likeness (QED) is 0.288. The maximum atomic E-state index is 12.3. The largest absolute Gasteiger partial charge is 0.418 e. The van der Waals surface area contributed by atoms with Gasteiger partial charge in [-0.05, 0) is 31.6 Å². The van der Waals surface area contributed by atoms with Crippen molar-refractivity contribution >= 4 is 34.0 Å². The van der Waals surface area contributed by atoms with Gasteiger partial charge in [-0.25, -0.2) is 4.79 Å². The zero-order valence-corrected chi connectivity index (χ0v) is 14.6. The molecule has 3 heterocycles. The summed E-state index contributed by atoms with van der Waals surface area (Å²) in [5.74, 6) is 1.33. The predicted octanol–water partition coefficient (Wildman–Crippen LogP) is -0.391. The van der Waals surface area contributed by atoms with Crippen LogP contribution in [0.25, 0.3) is 0 Å². The Bertz CT molecular complexity index is 609. The third kappa shape index (κ3) is 3.94. The van der Waals surface area contributed by atoms with Crippen LogP contribution < -0.4 is 10.6 Å². The third-order valence-electron chi connectivity index (χ3n) is 4.32. The molecule has 3 atom stereocenters. The molecule has 0 aromatic rings. The first kappa shape index (κ1) is 17.7. The first-order chi connectivity index (χ1) is 11.3. The summed E-state index contributed by atoms with van der Waals surface area (Å²) in [5.41, 5.74) is 0. The van der Waals surface area contributed by atoms with Crippen LogP contribution in [-0.4, -0.2) is 77.6 Å². The Hall–Kier alpha value is -1.08. The molecule has 1 unspecified atom stereocenters. The summed E-state index contributed by atoms with van der Waals surface area (Å²) < 4.78 is 34.9. The first-order valence-corrected chi connectivity index (χ1v) is 10.2. The van der Waals surface area contributed by atoms with Gasteiger partial charge in [-0.15, -0.1) is 16.0 Å². The summed E-state index contributed by atoms with van der Waals surface area (Å²) in [7, 11) is -4.74.